The molecule has 6 rings (SSSR count). The zero-order chi connectivity index (χ0) is 26.2. The van der Waals surface area contributed by atoms with Gasteiger partial charge in [-0.05, 0) is 60.7 Å². The third-order valence-corrected chi connectivity index (χ3v) is 8.12. The number of aromatic nitrogens is 2. The Bertz CT molecular complexity index is 1850. The van der Waals surface area contributed by atoms with Crippen LogP contribution in [0.5, 0.6) is 0 Å². The Morgan fingerprint density at radius 1 is 0.737 bits per heavy atom. The molecule has 0 aliphatic heterocycles. The van der Waals surface area contributed by atoms with Crippen molar-refractivity contribution in [2.45, 2.75) is 20.8 Å². The molecule has 0 bridgehead atoms. The van der Waals surface area contributed by atoms with Gasteiger partial charge in [-0.25, -0.2) is 9.97 Å². The van der Waals surface area contributed by atoms with Crippen LogP contribution in [0.4, 0.5) is 0 Å². The molecule has 0 amide bonds. The lowest BCUT2D eigenvalue weighted by molar-refractivity contribution is 1.24. The Hall–Kier alpha value is -4.34. The fourth-order valence-electron chi connectivity index (χ4n) is 5.09. The third kappa shape index (κ3) is 4.25. The van der Waals surface area contributed by atoms with Gasteiger partial charge in [-0.3, -0.25) is 0 Å². The first kappa shape index (κ1) is 24.0. The van der Waals surface area contributed by atoms with Crippen LogP contribution in [-0.2, 0) is 0 Å². The fourth-order valence-corrected chi connectivity index (χ4v) is 6.24. The van der Waals surface area contributed by atoms with E-state index < -0.39 is 0 Å². The lowest BCUT2D eigenvalue weighted by Crippen LogP contribution is -1.96. The van der Waals surface area contributed by atoms with E-state index in [4.69, 9.17) is 9.97 Å². The molecule has 0 saturated carbocycles. The number of allylic oxidation sites excluding steroid dienone is 3. The highest BCUT2D eigenvalue weighted by molar-refractivity contribution is 7.26. The SMILES string of the molecule is C=C(C(=C(C)C)c1ccccc1C)c1cccc(-c2nc(-c3ccccc3)nc3c2sc2ccccc23)c1. The van der Waals surface area contributed by atoms with Crippen LogP contribution < -0.4 is 0 Å². The summed E-state index contributed by atoms with van der Waals surface area (Å²) < 4.78 is 2.32. The zero-order valence-corrected chi connectivity index (χ0v) is 22.6. The van der Waals surface area contributed by atoms with Crippen molar-refractivity contribution in [1.29, 1.82) is 0 Å². The molecule has 0 aliphatic rings. The Kier molecular flexibility index (Phi) is 6.22. The molecule has 3 heteroatoms. The smallest absolute Gasteiger partial charge is 0.160 e. The lowest BCUT2D eigenvalue weighted by atomic mass is 9.87. The van der Waals surface area contributed by atoms with Crippen molar-refractivity contribution < 1.29 is 0 Å². The van der Waals surface area contributed by atoms with Gasteiger partial charge in [0, 0.05) is 21.2 Å². The Balaban J connectivity index is 1.55. The summed E-state index contributed by atoms with van der Waals surface area (Å²) in [5.41, 5.74) is 11.1. The normalized spacial score (nSPS) is 11.1. The van der Waals surface area contributed by atoms with Crippen molar-refractivity contribution in [3.63, 3.8) is 0 Å². The molecule has 0 radical (unpaired) electrons. The molecule has 0 fully saturated rings. The minimum atomic E-state index is 0.741. The molecule has 38 heavy (non-hydrogen) atoms. The van der Waals surface area contributed by atoms with E-state index in [0.29, 0.717) is 0 Å². The van der Waals surface area contributed by atoms with Gasteiger partial charge < -0.3 is 0 Å². The van der Waals surface area contributed by atoms with Gasteiger partial charge in [0.1, 0.15) is 0 Å². The van der Waals surface area contributed by atoms with Crippen LogP contribution >= 0.6 is 11.3 Å². The van der Waals surface area contributed by atoms with Gasteiger partial charge in [-0.15, -0.1) is 11.3 Å². The molecule has 2 heterocycles. The Morgan fingerprint density at radius 2 is 1.45 bits per heavy atom. The summed E-state index contributed by atoms with van der Waals surface area (Å²) in [4.78, 5) is 10.2. The number of hydrogen-bond donors (Lipinski definition) is 0. The molecule has 0 atom stereocenters. The highest BCUT2D eigenvalue weighted by Gasteiger charge is 2.18. The van der Waals surface area contributed by atoms with Gasteiger partial charge in [0.25, 0.3) is 0 Å². The minimum absolute atomic E-state index is 0.741. The number of fused-ring (bicyclic) bond motifs is 3. The third-order valence-electron chi connectivity index (χ3n) is 6.95. The van der Waals surface area contributed by atoms with Gasteiger partial charge in [0.05, 0.1) is 15.9 Å². The Labute approximate surface area is 227 Å². The van der Waals surface area contributed by atoms with Crippen molar-refractivity contribution in [2.75, 3.05) is 0 Å². The number of thiophene rings is 1. The van der Waals surface area contributed by atoms with Crippen LogP contribution in [0, 0.1) is 6.92 Å². The summed E-state index contributed by atoms with van der Waals surface area (Å²) in [7, 11) is 0. The second kappa shape index (κ2) is 9.85. The Morgan fingerprint density at radius 3 is 2.24 bits per heavy atom. The van der Waals surface area contributed by atoms with Crippen molar-refractivity contribution in [3.05, 3.63) is 132 Å². The number of benzene rings is 4. The van der Waals surface area contributed by atoms with E-state index in [0.717, 1.165) is 44.0 Å². The first-order valence-corrected chi connectivity index (χ1v) is 13.6. The number of hydrogen-bond acceptors (Lipinski definition) is 3. The van der Waals surface area contributed by atoms with Crippen LogP contribution in [0.3, 0.4) is 0 Å². The van der Waals surface area contributed by atoms with Gasteiger partial charge in [-0.1, -0.05) is 103 Å². The van der Waals surface area contributed by atoms with Gasteiger partial charge >= 0.3 is 0 Å². The van der Waals surface area contributed by atoms with Crippen LogP contribution in [0.1, 0.15) is 30.5 Å². The van der Waals surface area contributed by atoms with E-state index in [1.807, 2.05) is 18.2 Å². The predicted octanol–water partition coefficient (Wildman–Crippen LogP) is 9.99. The lowest BCUT2D eigenvalue weighted by Gasteiger charge is -2.17. The van der Waals surface area contributed by atoms with E-state index in [1.165, 1.54) is 32.4 Å². The van der Waals surface area contributed by atoms with E-state index in [2.05, 4.69) is 112 Å². The van der Waals surface area contributed by atoms with Crippen molar-refractivity contribution in [2.24, 2.45) is 0 Å². The molecular weight excluding hydrogens is 480 g/mol. The largest absolute Gasteiger partial charge is 0.226 e. The topological polar surface area (TPSA) is 25.8 Å². The summed E-state index contributed by atoms with van der Waals surface area (Å²) in [6.45, 7) is 11.1. The predicted molar refractivity (Wildman–Crippen MR) is 164 cm³/mol. The molecule has 6 aromatic rings. The summed E-state index contributed by atoms with van der Waals surface area (Å²) in [5, 5.41) is 1.17. The molecular formula is C35H28N2S. The second-order valence-electron chi connectivity index (χ2n) is 9.79. The summed E-state index contributed by atoms with van der Waals surface area (Å²) in [6.07, 6.45) is 0. The molecule has 0 N–H and O–H groups in total. The maximum Gasteiger partial charge on any atom is 0.160 e. The standard InChI is InChI=1S/C35H28N2S/c1-22(2)31(28-18-9-8-13-23(28)3)24(4)26-16-12-17-27(21-26)32-34-33(29-19-10-11-20-30(29)38-34)37-35(36-32)25-14-6-5-7-15-25/h5-21H,4H2,1-3H3. The number of nitrogens with zero attached hydrogens (tertiary/aromatic N) is 2. The average molecular weight is 509 g/mol. The van der Waals surface area contributed by atoms with Crippen molar-refractivity contribution >= 4 is 42.8 Å². The molecule has 0 spiro atoms. The number of aryl methyl sites for hydroxylation is 1. The van der Waals surface area contributed by atoms with E-state index >= 15 is 0 Å². The summed E-state index contributed by atoms with van der Waals surface area (Å²) >= 11 is 1.75. The van der Waals surface area contributed by atoms with E-state index in [-0.39, 0.29) is 0 Å². The molecule has 0 saturated heterocycles. The minimum Gasteiger partial charge on any atom is -0.226 e. The van der Waals surface area contributed by atoms with Crippen LogP contribution in [-0.4, -0.2) is 9.97 Å². The maximum atomic E-state index is 5.15. The zero-order valence-electron chi connectivity index (χ0n) is 21.8. The van der Waals surface area contributed by atoms with Crippen LogP contribution in [0.25, 0.3) is 54.1 Å². The van der Waals surface area contributed by atoms with Gasteiger partial charge in [-0.2, -0.15) is 0 Å². The van der Waals surface area contributed by atoms with Crippen molar-refractivity contribution in [3.8, 4) is 22.6 Å². The molecule has 184 valence electrons. The summed E-state index contributed by atoms with van der Waals surface area (Å²) in [6, 6.07) is 35.9. The molecule has 0 aliphatic carbocycles. The second-order valence-corrected chi connectivity index (χ2v) is 10.8. The molecule has 4 aromatic carbocycles. The van der Waals surface area contributed by atoms with Crippen LogP contribution in [0.15, 0.2) is 115 Å². The van der Waals surface area contributed by atoms with Crippen LogP contribution in [0.2, 0.25) is 0 Å². The highest BCUT2D eigenvalue weighted by Crippen LogP contribution is 2.41. The van der Waals surface area contributed by atoms with Gasteiger partial charge in [0.2, 0.25) is 0 Å². The average Bonchev–Trinajstić information content (AvgIpc) is 3.33. The first-order valence-electron chi connectivity index (χ1n) is 12.8. The highest BCUT2D eigenvalue weighted by atomic mass is 32.1. The molecule has 0 unspecified atom stereocenters. The monoisotopic (exact) mass is 508 g/mol. The van der Waals surface area contributed by atoms with E-state index in [9.17, 15) is 0 Å². The molecule has 2 nitrogen and oxygen atoms in total. The maximum absolute atomic E-state index is 5.15. The molecule has 2 aromatic heterocycles. The van der Waals surface area contributed by atoms with E-state index in [1.54, 1.807) is 11.3 Å². The first-order chi connectivity index (χ1) is 18.5. The summed E-state index contributed by atoms with van der Waals surface area (Å²) in [5.74, 6) is 0.741. The number of rotatable bonds is 5. The van der Waals surface area contributed by atoms with Crippen molar-refractivity contribution in [1.82, 2.24) is 9.97 Å². The quantitative estimate of drug-likeness (QED) is 0.217. The fraction of sp³-hybridized carbons (Fsp3) is 0.0857. The van der Waals surface area contributed by atoms with Gasteiger partial charge in [0.15, 0.2) is 5.82 Å².